The molecule has 0 bridgehead atoms. The molecule has 0 aromatic heterocycles. The number of halogens is 1. The average Bonchev–Trinajstić information content (AvgIpc) is 2.47. The van der Waals surface area contributed by atoms with E-state index in [0.717, 1.165) is 31.0 Å². The van der Waals surface area contributed by atoms with Gasteiger partial charge >= 0.3 is 0 Å². The molecule has 0 radical (unpaired) electrons. The SMILES string of the molecule is CCC(N)Cc1cc(Cl)ccc1N1CCCC(N(C)C)C1. The predicted molar refractivity (Wildman–Crippen MR) is 92.3 cm³/mol. The third kappa shape index (κ3) is 4.35. The van der Waals surface area contributed by atoms with Gasteiger partial charge in [-0.25, -0.2) is 0 Å². The van der Waals surface area contributed by atoms with Crippen LogP contribution in [0.5, 0.6) is 0 Å². The highest BCUT2D eigenvalue weighted by molar-refractivity contribution is 6.30. The lowest BCUT2D eigenvalue weighted by atomic mass is 9.99. The lowest BCUT2D eigenvalue weighted by molar-refractivity contribution is 0.258. The summed E-state index contributed by atoms with van der Waals surface area (Å²) in [6.45, 7) is 4.35. The van der Waals surface area contributed by atoms with Crippen molar-refractivity contribution >= 4 is 17.3 Å². The zero-order valence-corrected chi connectivity index (χ0v) is 14.2. The van der Waals surface area contributed by atoms with E-state index < -0.39 is 0 Å². The van der Waals surface area contributed by atoms with Gasteiger partial charge in [-0.1, -0.05) is 18.5 Å². The molecule has 0 aliphatic carbocycles. The van der Waals surface area contributed by atoms with Crippen LogP contribution in [0.15, 0.2) is 18.2 Å². The molecule has 3 nitrogen and oxygen atoms in total. The molecular weight excluding hydrogens is 282 g/mol. The van der Waals surface area contributed by atoms with Crippen molar-refractivity contribution in [1.82, 2.24) is 4.90 Å². The molecular formula is C17H28ClN3. The summed E-state index contributed by atoms with van der Waals surface area (Å²) in [6.07, 6.45) is 4.41. The van der Waals surface area contributed by atoms with Gasteiger partial charge < -0.3 is 15.5 Å². The number of nitrogens with two attached hydrogens (primary N) is 1. The first-order valence-electron chi connectivity index (χ1n) is 7.96. The second-order valence-corrected chi connectivity index (χ2v) is 6.79. The fourth-order valence-corrected chi connectivity index (χ4v) is 3.24. The highest BCUT2D eigenvalue weighted by Gasteiger charge is 2.23. The Hall–Kier alpha value is -0.770. The van der Waals surface area contributed by atoms with E-state index >= 15 is 0 Å². The van der Waals surface area contributed by atoms with Crippen LogP contribution in [0.25, 0.3) is 0 Å². The van der Waals surface area contributed by atoms with Crippen molar-refractivity contribution in [2.75, 3.05) is 32.1 Å². The van der Waals surface area contributed by atoms with Gasteiger partial charge in [0.1, 0.15) is 0 Å². The molecule has 1 heterocycles. The van der Waals surface area contributed by atoms with Crippen molar-refractivity contribution in [2.24, 2.45) is 5.73 Å². The molecule has 118 valence electrons. The Balaban J connectivity index is 2.21. The molecule has 2 unspecified atom stereocenters. The van der Waals surface area contributed by atoms with Gasteiger partial charge in [0.2, 0.25) is 0 Å². The molecule has 2 rings (SSSR count). The van der Waals surface area contributed by atoms with E-state index in [1.807, 2.05) is 6.07 Å². The number of nitrogens with zero attached hydrogens (tertiary/aromatic N) is 2. The molecule has 2 N–H and O–H groups in total. The minimum Gasteiger partial charge on any atom is -0.370 e. The first-order chi connectivity index (χ1) is 10.0. The Labute approximate surface area is 134 Å². The van der Waals surface area contributed by atoms with E-state index in [9.17, 15) is 0 Å². The Morgan fingerprint density at radius 2 is 2.19 bits per heavy atom. The molecule has 0 spiro atoms. The fraction of sp³-hybridized carbons (Fsp3) is 0.647. The Morgan fingerprint density at radius 1 is 1.43 bits per heavy atom. The Kier molecular flexibility index (Phi) is 5.91. The van der Waals surface area contributed by atoms with Crippen molar-refractivity contribution in [3.05, 3.63) is 28.8 Å². The molecule has 1 aromatic carbocycles. The normalized spacial score (nSPS) is 20.9. The van der Waals surface area contributed by atoms with Crippen molar-refractivity contribution < 1.29 is 0 Å². The van der Waals surface area contributed by atoms with Gasteiger partial charge in [0.05, 0.1) is 0 Å². The van der Waals surface area contributed by atoms with E-state index in [0.29, 0.717) is 6.04 Å². The molecule has 4 heteroatoms. The standard InChI is InChI=1S/C17H28ClN3/c1-4-15(19)11-13-10-14(18)7-8-17(13)21-9-5-6-16(12-21)20(2)3/h7-8,10,15-16H,4-6,9,11-12,19H2,1-3H3. The highest BCUT2D eigenvalue weighted by Crippen LogP contribution is 2.29. The maximum atomic E-state index is 6.19. The summed E-state index contributed by atoms with van der Waals surface area (Å²) in [5.41, 5.74) is 8.76. The summed E-state index contributed by atoms with van der Waals surface area (Å²) in [6, 6.07) is 7.08. The van der Waals surface area contributed by atoms with E-state index in [1.54, 1.807) is 0 Å². The van der Waals surface area contributed by atoms with Crippen LogP contribution in [0.3, 0.4) is 0 Å². The summed E-state index contributed by atoms with van der Waals surface area (Å²) in [5.74, 6) is 0. The molecule has 1 aliphatic heterocycles. The van der Waals surface area contributed by atoms with Gasteiger partial charge in [-0.15, -0.1) is 0 Å². The summed E-state index contributed by atoms with van der Waals surface area (Å²) >= 11 is 6.19. The van der Waals surface area contributed by atoms with Crippen molar-refractivity contribution in [1.29, 1.82) is 0 Å². The molecule has 1 saturated heterocycles. The van der Waals surface area contributed by atoms with Crippen LogP contribution in [0.2, 0.25) is 5.02 Å². The minimum atomic E-state index is 0.205. The van der Waals surface area contributed by atoms with Crippen LogP contribution in [0, 0.1) is 0 Å². The number of anilines is 1. The van der Waals surface area contributed by atoms with Gasteiger partial charge in [-0.2, -0.15) is 0 Å². The Bertz CT molecular complexity index is 461. The maximum Gasteiger partial charge on any atom is 0.0410 e. The maximum absolute atomic E-state index is 6.19. The zero-order valence-electron chi connectivity index (χ0n) is 13.5. The zero-order chi connectivity index (χ0) is 15.4. The van der Waals surface area contributed by atoms with Gasteiger partial charge in [0.15, 0.2) is 0 Å². The van der Waals surface area contributed by atoms with Crippen LogP contribution in [0.1, 0.15) is 31.7 Å². The summed E-state index contributed by atoms with van der Waals surface area (Å²) in [7, 11) is 4.34. The number of likely N-dealkylation sites (N-methyl/N-ethyl adjacent to an activating group) is 1. The molecule has 0 saturated carbocycles. The van der Waals surface area contributed by atoms with Crippen molar-refractivity contribution in [3.63, 3.8) is 0 Å². The topological polar surface area (TPSA) is 32.5 Å². The first kappa shape index (κ1) is 16.6. The molecule has 1 aliphatic rings. The smallest absolute Gasteiger partial charge is 0.0410 e. The third-order valence-corrected chi connectivity index (χ3v) is 4.75. The quantitative estimate of drug-likeness (QED) is 0.907. The van der Waals surface area contributed by atoms with Gasteiger partial charge in [0.25, 0.3) is 0 Å². The number of piperidine rings is 1. The van der Waals surface area contributed by atoms with Crippen molar-refractivity contribution in [3.8, 4) is 0 Å². The monoisotopic (exact) mass is 309 g/mol. The predicted octanol–water partition coefficient (Wildman–Crippen LogP) is 3.15. The number of hydrogen-bond donors (Lipinski definition) is 1. The first-order valence-corrected chi connectivity index (χ1v) is 8.34. The van der Waals surface area contributed by atoms with E-state index in [2.05, 4.69) is 43.0 Å². The largest absolute Gasteiger partial charge is 0.370 e. The number of hydrogen-bond acceptors (Lipinski definition) is 3. The Morgan fingerprint density at radius 3 is 2.86 bits per heavy atom. The van der Waals surface area contributed by atoms with Crippen molar-refractivity contribution in [2.45, 2.75) is 44.7 Å². The highest BCUT2D eigenvalue weighted by atomic mass is 35.5. The van der Waals surface area contributed by atoms with E-state index in [1.165, 1.54) is 24.1 Å². The second kappa shape index (κ2) is 7.48. The third-order valence-electron chi connectivity index (χ3n) is 4.52. The van der Waals surface area contributed by atoms with Gasteiger partial charge in [-0.3, -0.25) is 0 Å². The molecule has 1 aromatic rings. The van der Waals surface area contributed by atoms with Crippen LogP contribution in [0.4, 0.5) is 5.69 Å². The second-order valence-electron chi connectivity index (χ2n) is 6.35. The van der Waals surface area contributed by atoms with Crippen LogP contribution in [-0.2, 0) is 6.42 Å². The van der Waals surface area contributed by atoms with Crippen LogP contribution < -0.4 is 10.6 Å². The number of rotatable bonds is 5. The summed E-state index contributed by atoms with van der Waals surface area (Å²) in [5, 5.41) is 0.804. The molecule has 2 atom stereocenters. The van der Waals surface area contributed by atoms with E-state index in [4.69, 9.17) is 17.3 Å². The molecule has 1 fully saturated rings. The molecule has 0 amide bonds. The average molecular weight is 310 g/mol. The van der Waals surface area contributed by atoms with Gasteiger partial charge in [-0.05, 0) is 63.5 Å². The fourth-order valence-electron chi connectivity index (χ4n) is 3.05. The number of benzene rings is 1. The van der Waals surface area contributed by atoms with E-state index in [-0.39, 0.29) is 6.04 Å². The summed E-state index contributed by atoms with van der Waals surface area (Å²) in [4.78, 5) is 4.84. The minimum absolute atomic E-state index is 0.205. The lowest BCUT2D eigenvalue weighted by Crippen LogP contribution is -2.45. The lowest BCUT2D eigenvalue weighted by Gasteiger charge is -2.38. The van der Waals surface area contributed by atoms with Crippen LogP contribution in [-0.4, -0.2) is 44.2 Å². The molecule has 21 heavy (non-hydrogen) atoms. The van der Waals surface area contributed by atoms with Gasteiger partial charge in [0, 0.05) is 35.9 Å². The summed E-state index contributed by atoms with van der Waals surface area (Å²) < 4.78 is 0. The van der Waals surface area contributed by atoms with Crippen LogP contribution >= 0.6 is 11.6 Å².